The minimum atomic E-state index is -0.839. The van der Waals surface area contributed by atoms with Gasteiger partial charge in [0.15, 0.2) is 6.10 Å². The second-order valence-corrected chi connectivity index (χ2v) is 6.61. The van der Waals surface area contributed by atoms with Crippen LogP contribution in [0.2, 0.25) is 0 Å². The van der Waals surface area contributed by atoms with Gasteiger partial charge in [-0.2, -0.15) is 0 Å². The van der Waals surface area contributed by atoms with Crippen molar-refractivity contribution in [3.05, 3.63) is 53.1 Å². The van der Waals surface area contributed by atoms with E-state index in [4.69, 9.17) is 15.2 Å². The monoisotopic (exact) mass is 382 g/mol. The molecule has 3 rings (SSSR count). The number of hydrogen-bond donors (Lipinski definition) is 1. The van der Waals surface area contributed by atoms with Gasteiger partial charge in [-0.25, -0.2) is 0 Å². The van der Waals surface area contributed by atoms with Gasteiger partial charge in [-0.15, -0.1) is 0 Å². The Morgan fingerprint density at radius 1 is 1.14 bits per heavy atom. The summed E-state index contributed by atoms with van der Waals surface area (Å²) in [6.45, 7) is 3.75. The molecule has 146 valence electrons. The number of primary amides is 1. The molecule has 1 aliphatic heterocycles. The molecule has 1 heterocycles. The van der Waals surface area contributed by atoms with Crippen molar-refractivity contribution in [3.8, 4) is 11.5 Å². The largest absolute Gasteiger partial charge is 0.497 e. The number of nitrogens with two attached hydrogens (primary N) is 1. The van der Waals surface area contributed by atoms with Crippen LogP contribution in [-0.2, 0) is 11.2 Å². The second-order valence-electron chi connectivity index (χ2n) is 6.61. The fraction of sp³-hybridized carbons (Fsp3) is 0.286. The summed E-state index contributed by atoms with van der Waals surface area (Å²) in [6, 6.07) is 9.88. The average molecular weight is 382 g/mol. The van der Waals surface area contributed by atoms with E-state index >= 15 is 0 Å². The van der Waals surface area contributed by atoms with Gasteiger partial charge in [0.05, 0.1) is 12.7 Å². The fourth-order valence-electron chi connectivity index (χ4n) is 3.29. The smallest absolute Gasteiger partial charge is 0.252 e. The Balaban J connectivity index is 1.83. The molecule has 2 amide bonds. The zero-order valence-corrected chi connectivity index (χ0v) is 16.0. The molecule has 0 saturated heterocycles. The molecule has 2 aromatic rings. The minimum absolute atomic E-state index is 0.0217. The molecule has 1 atom stereocenters. The maximum Gasteiger partial charge on any atom is 0.252 e. The van der Waals surface area contributed by atoms with E-state index in [1.807, 2.05) is 0 Å². The van der Waals surface area contributed by atoms with E-state index in [-0.39, 0.29) is 23.0 Å². The lowest BCUT2D eigenvalue weighted by atomic mass is 10.0. The van der Waals surface area contributed by atoms with Crippen LogP contribution in [0.5, 0.6) is 11.5 Å². The summed E-state index contributed by atoms with van der Waals surface area (Å²) < 4.78 is 10.9. The summed E-state index contributed by atoms with van der Waals surface area (Å²) in [5.74, 6) is -0.230. The van der Waals surface area contributed by atoms with Crippen LogP contribution in [0.1, 0.15) is 40.1 Å². The molecule has 0 spiro atoms. The standard InChI is InChI=1S/C21H22N2O5/c1-12(28-19-11-16(27-3)5-6-17(19)21(22)26)20(25)15-4-7-18-14(10-15)8-9-23(18)13(2)24/h4-7,10-12H,8-9H2,1-3H3,(H2,22,26)/t12-/m1/s1. The zero-order chi connectivity index (χ0) is 20.4. The van der Waals surface area contributed by atoms with Gasteiger partial charge in [-0.1, -0.05) is 0 Å². The Bertz CT molecular complexity index is 954. The van der Waals surface area contributed by atoms with Gasteiger partial charge in [0, 0.05) is 30.8 Å². The van der Waals surface area contributed by atoms with Gasteiger partial charge in [0.2, 0.25) is 11.7 Å². The number of fused-ring (bicyclic) bond motifs is 1. The number of benzene rings is 2. The van der Waals surface area contributed by atoms with Gasteiger partial charge >= 0.3 is 0 Å². The second kappa shape index (κ2) is 7.72. The first kappa shape index (κ1) is 19.4. The van der Waals surface area contributed by atoms with Crippen LogP contribution < -0.4 is 20.1 Å². The van der Waals surface area contributed by atoms with E-state index in [2.05, 4.69) is 0 Å². The number of carbonyl (C=O) groups is 3. The highest BCUT2D eigenvalue weighted by Crippen LogP contribution is 2.30. The van der Waals surface area contributed by atoms with Crippen LogP contribution in [0.25, 0.3) is 0 Å². The number of amides is 2. The Hall–Kier alpha value is -3.35. The third-order valence-corrected chi connectivity index (χ3v) is 4.77. The van der Waals surface area contributed by atoms with Gasteiger partial charge in [-0.05, 0) is 49.2 Å². The summed E-state index contributed by atoms with van der Waals surface area (Å²) in [7, 11) is 1.49. The predicted octanol–water partition coefficient (Wildman–Crippen LogP) is 2.35. The van der Waals surface area contributed by atoms with Crippen molar-refractivity contribution in [2.45, 2.75) is 26.4 Å². The first-order valence-corrected chi connectivity index (χ1v) is 8.91. The number of methoxy groups -OCH3 is 1. The molecule has 0 unspecified atom stereocenters. The molecule has 2 aromatic carbocycles. The number of carbonyl (C=O) groups excluding carboxylic acids is 3. The van der Waals surface area contributed by atoms with Gasteiger partial charge in [0.1, 0.15) is 11.5 Å². The van der Waals surface area contributed by atoms with E-state index in [9.17, 15) is 14.4 Å². The normalized spacial score (nSPS) is 13.6. The molecule has 7 heteroatoms. The molecule has 0 aromatic heterocycles. The Morgan fingerprint density at radius 3 is 2.54 bits per heavy atom. The zero-order valence-electron chi connectivity index (χ0n) is 16.0. The van der Waals surface area contributed by atoms with Crippen molar-refractivity contribution in [1.82, 2.24) is 0 Å². The Morgan fingerprint density at radius 2 is 1.89 bits per heavy atom. The van der Waals surface area contributed by atoms with E-state index in [0.717, 1.165) is 11.3 Å². The lowest BCUT2D eigenvalue weighted by Crippen LogP contribution is -2.26. The number of ketones is 1. The number of Topliss-reactive ketones (excluding diaryl/α,β-unsaturated/α-hetero) is 1. The number of anilines is 1. The van der Waals surface area contributed by atoms with Gasteiger partial charge in [0.25, 0.3) is 5.91 Å². The van der Waals surface area contributed by atoms with Crippen LogP contribution in [0.3, 0.4) is 0 Å². The van der Waals surface area contributed by atoms with Gasteiger partial charge < -0.3 is 20.1 Å². The lowest BCUT2D eigenvalue weighted by molar-refractivity contribution is -0.116. The molecular formula is C21H22N2O5. The topological polar surface area (TPSA) is 98.9 Å². The van der Waals surface area contributed by atoms with E-state index in [0.29, 0.717) is 24.3 Å². The quantitative estimate of drug-likeness (QED) is 0.773. The van der Waals surface area contributed by atoms with Crippen LogP contribution in [-0.4, -0.2) is 37.4 Å². The maximum absolute atomic E-state index is 12.8. The third kappa shape index (κ3) is 3.69. The maximum atomic E-state index is 12.8. The van der Waals surface area contributed by atoms with Crippen molar-refractivity contribution >= 4 is 23.3 Å². The first-order chi connectivity index (χ1) is 13.3. The predicted molar refractivity (Wildman–Crippen MR) is 104 cm³/mol. The summed E-state index contributed by atoms with van der Waals surface area (Å²) in [6.07, 6.45) is -0.138. The number of ether oxygens (including phenoxy) is 2. The molecule has 0 aliphatic carbocycles. The number of nitrogens with zero attached hydrogens (tertiary/aromatic N) is 1. The minimum Gasteiger partial charge on any atom is -0.497 e. The highest BCUT2D eigenvalue weighted by molar-refractivity contribution is 6.01. The lowest BCUT2D eigenvalue weighted by Gasteiger charge is -2.18. The molecule has 28 heavy (non-hydrogen) atoms. The van der Waals surface area contributed by atoms with Crippen LogP contribution in [0.4, 0.5) is 5.69 Å². The van der Waals surface area contributed by atoms with E-state index in [1.165, 1.54) is 26.2 Å². The fourth-order valence-corrected chi connectivity index (χ4v) is 3.29. The molecule has 2 N–H and O–H groups in total. The Labute approximate surface area is 163 Å². The van der Waals surface area contributed by atoms with Crippen molar-refractivity contribution in [2.24, 2.45) is 5.73 Å². The molecule has 0 fully saturated rings. The van der Waals surface area contributed by atoms with E-state index < -0.39 is 12.0 Å². The highest BCUT2D eigenvalue weighted by atomic mass is 16.5. The van der Waals surface area contributed by atoms with Crippen molar-refractivity contribution in [1.29, 1.82) is 0 Å². The molecule has 7 nitrogen and oxygen atoms in total. The number of rotatable bonds is 6. The summed E-state index contributed by atoms with van der Waals surface area (Å²) in [4.78, 5) is 37.9. The summed E-state index contributed by atoms with van der Waals surface area (Å²) in [5.41, 5.74) is 7.84. The highest BCUT2D eigenvalue weighted by Gasteiger charge is 2.25. The van der Waals surface area contributed by atoms with Crippen molar-refractivity contribution < 1.29 is 23.9 Å². The molecule has 0 radical (unpaired) electrons. The Kier molecular flexibility index (Phi) is 5.35. The van der Waals surface area contributed by atoms with Crippen molar-refractivity contribution in [3.63, 3.8) is 0 Å². The van der Waals surface area contributed by atoms with Gasteiger partial charge in [-0.3, -0.25) is 14.4 Å². The number of hydrogen-bond acceptors (Lipinski definition) is 5. The molecular weight excluding hydrogens is 360 g/mol. The SMILES string of the molecule is COc1ccc(C(N)=O)c(O[C@H](C)C(=O)c2ccc3c(c2)CCN3C(C)=O)c1. The third-order valence-electron chi connectivity index (χ3n) is 4.77. The average Bonchev–Trinajstić information content (AvgIpc) is 3.10. The van der Waals surface area contributed by atoms with Crippen LogP contribution in [0.15, 0.2) is 36.4 Å². The summed E-state index contributed by atoms with van der Waals surface area (Å²) in [5, 5.41) is 0. The molecule has 1 aliphatic rings. The first-order valence-electron chi connectivity index (χ1n) is 8.91. The van der Waals surface area contributed by atoms with E-state index in [1.54, 1.807) is 36.1 Å². The van der Waals surface area contributed by atoms with Crippen LogP contribution in [0, 0.1) is 0 Å². The summed E-state index contributed by atoms with van der Waals surface area (Å²) >= 11 is 0. The molecule has 0 bridgehead atoms. The van der Waals surface area contributed by atoms with Crippen molar-refractivity contribution in [2.75, 3.05) is 18.6 Å². The molecule has 0 saturated carbocycles. The van der Waals surface area contributed by atoms with Crippen LogP contribution >= 0.6 is 0 Å².